The van der Waals surface area contributed by atoms with Gasteiger partial charge in [-0.1, -0.05) is 45.4 Å². The maximum Gasteiger partial charge on any atom is 0.132 e. The molecule has 1 aliphatic rings. The lowest BCUT2D eigenvalue weighted by molar-refractivity contribution is -0.120. The van der Waals surface area contributed by atoms with Gasteiger partial charge in [0.05, 0.1) is 0 Å². The Balaban J connectivity index is 2.29. The zero-order chi connectivity index (χ0) is 9.68. The third-order valence-corrected chi connectivity index (χ3v) is 3.36. The van der Waals surface area contributed by atoms with Gasteiger partial charge in [-0.2, -0.15) is 0 Å². The summed E-state index contributed by atoms with van der Waals surface area (Å²) in [6.07, 6.45) is 9.44. The molecular formula is C12H22O. The monoisotopic (exact) mass is 182 g/mol. The van der Waals surface area contributed by atoms with Gasteiger partial charge in [-0.05, 0) is 19.3 Å². The predicted octanol–water partition coefficient (Wildman–Crippen LogP) is 3.57. The first-order valence-electron chi connectivity index (χ1n) is 5.70. The Kier molecular flexibility index (Phi) is 4.47. The highest BCUT2D eigenvalue weighted by molar-refractivity contribution is 5.77. The first-order chi connectivity index (χ1) is 6.20. The predicted molar refractivity (Wildman–Crippen MR) is 55.7 cm³/mol. The summed E-state index contributed by atoms with van der Waals surface area (Å²) < 4.78 is 0. The Hall–Kier alpha value is -0.330. The van der Waals surface area contributed by atoms with Gasteiger partial charge in [-0.25, -0.2) is 0 Å². The summed E-state index contributed by atoms with van der Waals surface area (Å²) in [6, 6.07) is 0. The number of rotatable bonds is 3. The zero-order valence-corrected chi connectivity index (χ0v) is 9.01. The molecule has 1 heteroatoms. The number of ketones is 1. The van der Waals surface area contributed by atoms with Gasteiger partial charge in [0.15, 0.2) is 0 Å². The lowest BCUT2D eigenvalue weighted by Crippen LogP contribution is -2.12. The molecule has 0 saturated heterocycles. The van der Waals surface area contributed by atoms with E-state index in [4.69, 9.17) is 0 Å². The number of carbonyl (C=O) groups is 1. The highest BCUT2D eigenvalue weighted by Gasteiger charge is 2.17. The summed E-state index contributed by atoms with van der Waals surface area (Å²) in [6.45, 7) is 3.80. The van der Waals surface area contributed by atoms with Crippen LogP contribution in [0, 0.1) is 11.8 Å². The van der Waals surface area contributed by atoms with E-state index in [9.17, 15) is 4.79 Å². The summed E-state index contributed by atoms with van der Waals surface area (Å²) in [5.41, 5.74) is 0. The molecule has 1 unspecified atom stereocenters. The van der Waals surface area contributed by atoms with E-state index in [1.807, 2.05) is 0 Å². The third kappa shape index (κ3) is 3.93. The minimum atomic E-state index is 0.295. The van der Waals surface area contributed by atoms with E-state index >= 15 is 0 Å². The Morgan fingerprint density at radius 1 is 1.23 bits per heavy atom. The molecule has 76 valence electrons. The average molecular weight is 182 g/mol. The maximum atomic E-state index is 11.1. The van der Waals surface area contributed by atoms with Crippen molar-refractivity contribution >= 4 is 5.78 Å². The molecule has 1 saturated carbocycles. The fourth-order valence-corrected chi connectivity index (χ4v) is 2.27. The van der Waals surface area contributed by atoms with Crippen molar-refractivity contribution in [1.82, 2.24) is 0 Å². The second-order valence-electron chi connectivity index (χ2n) is 4.60. The highest BCUT2D eigenvalue weighted by atomic mass is 16.1. The minimum absolute atomic E-state index is 0.295. The quantitative estimate of drug-likeness (QED) is 0.610. The lowest BCUT2D eigenvalue weighted by Gasteiger charge is -2.16. The zero-order valence-electron chi connectivity index (χ0n) is 9.01. The van der Waals surface area contributed by atoms with Gasteiger partial charge in [0, 0.05) is 5.92 Å². The highest BCUT2D eigenvalue weighted by Crippen LogP contribution is 2.28. The molecule has 13 heavy (non-hydrogen) atoms. The van der Waals surface area contributed by atoms with Crippen LogP contribution in [0.5, 0.6) is 0 Å². The molecule has 0 aromatic carbocycles. The molecule has 1 fully saturated rings. The summed E-state index contributed by atoms with van der Waals surface area (Å²) >= 11 is 0. The number of carbonyl (C=O) groups excluding carboxylic acids is 1. The molecule has 1 aliphatic carbocycles. The van der Waals surface area contributed by atoms with Crippen LogP contribution >= 0.6 is 0 Å². The van der Waals surface area contributed by atoms with Crippen LogP contribution in [0.1, 0.15) is 58.8 Å². The molecule has 1 rings (SSSR count). The lowest BCUT2D eigenvalue weighted by atomic mass is 9.88. The molecule has 0 bridgehead atoms. The number of Topliss-reactive ketones (excluding diaryl/α,β-unsaturated/α-hetero) is 1. The molecule has 0 spiro atoms. The standard InChI is InChI=1S/C12H22O/c1-10(11(2)13)9-12-7-5-3-4-6-8-12/h10,12H,3-9H2,1-2H3. The number of hydrogen-bond donors (Lipinski definition) is 0. The molecule has 1 nitrogen and oxygen atoms in total. The third-order valence-electron chi connectivity index (χ3n) is 3.36. The van der Waals surface area contributed by atoms with E-state index in [2.05, 4.69) is 6.92 Å². The smallest absolute Gasteiger partial charge is 0.132 e. The van der Waals surface area contributed by atoms with Gasteiger partial charge in [-0.15, -0.1) is 0 Å². The fourth-order valence-electron chi connectivity index (χ4n) is 2.27. The molecule has 1 atom stereocenters. The molecule has 0 aromatic heterocycles. The second-order valence-corrected chi connectivity index (χ2v) is 4.60. The van der Waals surface area contributed by atoms with Crippen molar-refractivity contribution in [2.24, 2.45) is 11.8 Å². The number of hydrogen-bond acceptors (Lipinski definition) is 1. The summed E-state index contributed by atoms with van der Waals surface area (Å²) in [5.74, 6) is 1.49. The first kappa shape index (κ1) is 10.7. The molecule has 0 radical (unpaired) electrons. The van der Waals surface area contributed by atoms with E-state index in [0.717, 1.165) is 12.3 Å². The van der Waals surface area contributed by atoms with Crippen molar-refractivity contribution in [2.45, 2.75) is 58.8 Å². The molecule has 0 aliphatic heterocycles. The van der Waals surface area contributed by atoms with Crippen LogP contribution in [-0.2, 0) is 4.79 Å². The van der Waals surface area contributed by atoms with Gasteiger partial charge in [0.25, 0.3) is 0 Å². The van der Waals surface area contributed by atoms with Gasteiger partial charge in [0.1, 0.15) is 5.78 Å². The van der Waals surface area contributed by atoms with Crippen molar-refractivity contribution < 1.29 is 4.79 Å². The van der Waals surface area contributed by atoms with Crippen molar-refractivity contribution in [1.29, 1.82) is 0 Å². The minimum Gasteiger partial charge on any atom is -0.300 e. The molecule has 0 heterocycles. The van der Waals surface area contributed by atoms with E-state index in [0.29, 0.717) is 11.7 Å². The first-order valence-corrected chi connectivity index (χ1v) is 5.70. The van der Waals surface area contributed by atoms with Crippen LogP contribution in [0.4, 0.5) is 0 Å². The van der Waals surface area contributed by atoms with Crippen LogP contribution in [0.3, 0.4) is 0 Å². The summed E-state index contributed by atoms with van der Waals surface area (Å²) in [4.78, 5) is 11.1. The van der Waals surface area contributed by atoms with Crippen LogP contribution in [0.2, 0.25) is 0 Å². The van der Waals surface area contributed by atoms with Crippen LogP contribution in [0.25, 0.3) is 0 Å². The summed E-state index contributed by atoms with van der Waals surface area (Å²) in [7, 11) is 0. The fraction of sp³-hybridized carbons (Fsp3) is 0.917. The van der Waals surface area contributed by atoms with Crippen molar-refractivity contribution in [3.63, 3.8) is 0 Å². The van der Waals surface area contributed by atoms with Gasteiger partial charge >= 0.3 is 0 Å². The SMILES string of the molecule is CC(=O)C(C)CC1CCCCCC1. The van der Waals surface area contributed by atoms with Gasteiger partial charge < -0.3 is 0 Å². The Morgan fingerprint density at radius 3 is 2.23 bits per heavy atom. The van der Waals surface area contributed by atoms with Crippen LogP contribution < -0.4 is 0 Å². The van der Waals surface area contributed by atoms with Gasteiger partial charge in [-0.3, -0.25) is 4.79 Å². The topological polar surface area (TPSA) is 17.1 Å². The Labute approximate surface area is 81.9 Å². The molecule has 0 N–H and O–H groups in total. The second kappa shape index (κ2) is 5.41. The van der Waals surface area contributed by atoms with Crippen LogP contribution in [0.15, 0.2) is 0 Å². The van der Waals surface area contributed by atoms with Crippen molar-refractivity contribution in [3.05, 3.63) is 0 Å². The summed E-state index contributed by atoms with van der Waals surface area (Å²) in [5, 5.41) is 0. The normalized spacial score (nSPS) is 22.3. The van der Waals surface area contributed by atoms with Crippen LogP contribution in [-0.4, -0.2) is 5.78 Å². The van der Waals surface area contributed by atoms with Gasteiger partial charge in [0.2, 0.25) is 0 Å². The maximum absolute atomic E-state index is 11.1. The Morgan fingerprint density at radius 2 is 1.77 bits per heavy atom. The van der Waals surface area contributed by atoms with E-state index in [1.54, 1.807) is 6.92 Å². The molecule has 0 amide bonds. The Bertz CT molecular complexity index is 155. The van der Waals surface area contributed by atoms with E-state index in [1.165, 1.54) is 38.5 Å². The molecule has 0 aromatic rings. The van der Waals surface area contributed by atoms with Crippen molar-refractivity contribution in [3.8, 4) is 0 Å². The molecular weight excluding hydrogens is 160 g/mol. The average Bonchev–Trinajstić information content (AvgIpc) is 2.32. The van der Waals surface area contributed by atoms with Crippen molar-refractivity contribution in [2.75, 3.05) is 0 Å². The largest absolute Gasteiger partial charge is 0.300 e. The van der Waals surface area contributed by atoms with E-state index < -0.39 is 0 Å². The van der Waals surface area contributed by atoms with E-state index in [-0.39, 0.29) is 0 Å².